The molecule has 0 heterocycles. The van der Waals surface area contributed by atoms with Crippen LogP contribution in [0.1, 0.15) is 30.6 Å². The topological polar surface area (TPSA) is 89.3 Å². The van der Waals surface area contributed by atoms with Crippen molar-refractivity contribution >= 4 is 27.5 Å². The van der Waals surface area contributed by atoms with Crippen LogP contribution in [0, 0.1) is 11.7 Å². The van der Waals surface area contributed by atoms with Crippen molar-refractivity contribution in [2.24, 2.45) is 11.1 Å². The minimum absolute atomic E-state index is 0.229. The molecule has 0 saturated heterocycles. The highest BCUT2D eigenvalue weighted by molar-refractivity contribution is 7.89. The van der Waals surface area contributed by atoms with Crippen molar-refractivity contribution in [1.29, 1.82) is 0 Å². The number of amides is 1. The second-order valence-corrected chi connectivity index (χ2v) is 6.47. The van der Waals surface area contributed by atoms with Crippen LogP contribution in [0.25, 0.3) is 0 Å². The fourth-order valence-corrected chi connectivity index (χ4v) is 2.51. The van der Waals surface area contributed by atoms with Crippen LogP contribution in [0.3, 0.4) is 0 Å². The summed E-state index contributed by atoms with van der Waals surface area (Å²) in [4.78, 5) is 11.4. The molecule has 0 saturated carbocycles. The predicted molar refractivity (Wildman–Crippen MR) is 74.6 cm³/mol. The molecule has 0 aliphatic rings. The third kappa shape index (κ3) is 4.16. The number of sulfonamides is 1. The zero-order chi connectivity index (χ0) is 15.5. The Kier molecular flexibility index (Phi) is 5.50. The number of primary sulfonamides is 1. The van der Waals surface area contributed by atoms with E-state index in [2.05, 4.69) is 5.32 Å². The molecule has 1 amide bonds. The summed E-state index contributed by atoms with van der Waals surface area (Å²) in [5.41, 5.74) is -0.401. The van der Waals surface area contributed by atoms with Crippen LogP contribution in [0.4, 0.5) is 4.39 Å². The van der Waals surface area contributed by atoms with Crippen LogP contribution in [-0.4, -0.2) is 20.9 Å². The molecule has 20 heavy (non-hydrogen) atoms. The van der Waals surface area contributed by atoms with Gasteiger partial charge in [-0.1, -0.05) is 31.9 Å². The van der Waals surface area contributed by atoms with Crippen molar-refractivity contribution in [2.45, 2.75) is 25.2 Å². The molecule has 112 valence electrons. The summed E-state index contributed by atoms with van der Waals surface area (Å²) in [6.45, 7) is 4.25. The number of carbonyl (C=O) groups is 1. The number of hydrogen-bond acceptors (Lipinski definition) is 3. The highest BCUT2D eigenvalue weighted by Crippen LogP contribution is 2.24. The van der Waals surface area contributed by atoms with E-state index in [1.54, 1.807) is 0 Å². The van der Waals surface area contributed by atoms with E-state index in [4.69, 9.17) is 16.7 Å². The molecule has 0 aliphatic carbocycles. The van der Waals surface area contributed by atoms with Crippen LogP contribution in [0.2, 0.25) is 5.02 Å². The van der Waals surface area contributed by atoms with Gasteiger partial charge in [0.1, 0.15) is 10.7 Å². The zero-order valence-electron chi connectivity index (χ0n) is 11.1. The second kappa shape index (κ2) is 6.51. The van der Waals surface area contributed by atoms with Crippen molar-refractivity contribution < 1.29 is 17.6 Å². The van der Waals surface area contributed by atoms with E-state index in [1.165, 1.54) is 0 Å². The summed E-state index contributed by atoms with van der Waals surface area (Å²) in [6.07, 6.45) is 0.853. The van der Waals surface area contributed by atoms with Gasteiger partial charge in [0.15, 0.2) is 0 Å². The average Bonchev–Trinajstić information content (AvgIpc) is 2.33. The molecule has 0 aliphatic heterocycles. The number of nitrogens with one attached hydrogen (secondary N) is 1. The molecule has 0 bridgehead atoms. The van der Waals surface area contributed by atoms with E-state index in [0.29, 0.717) is 6.54 Å². The number of halogens is 2. The lowest BCUT2D eigenvalue weighted by Crippen LogP contribution is -2.29. The first-order chi connectivity index (χ1) is 9.16. The molecular weight excluding hydrogens is 307 g/mol. The highest BCUT2D eigenvalue weighted by atomic mass is 35.5. The average molecular weight is 323 g/mol. The Labute approximate surface area is 122 Å². The van der Waals surface area contributed by atoms with Gasteiger partial charge in [0.05, 0.1) is 10.6 Å². The van der Waals surface area contributed by atoms with E-state index in [9.17, 15) is 17.6 Å². The Hall–Kier alpha value is -1.18. The molecule has 0 aromatic heterocycles. The van der Waals surface area contributed by atoms with E-state index in [-0.39, 0.29) is 10.9 Å². The molecule has 1 atom stereocenters. The maximum absolute atomic E-state index is 13.7. The number of rotatable bonds is 5. The first-order valence-corrected chi connectivity index (χ1v) is 7.89. The Morgan fingerprint density at radius 3 is 2.60 bits per heavy atom. The van der Waals surface area contributed by atoms with Gasteiger partial charge >= 0.3 is 0 Å². The Morgan fingerprint density at radius 1 is 1.50 bits per heavy atom. The Morgan fingerprint density at radius 2 is 2.10 bits per heavy atom. The second-order valence-electron chi connectivity index (χ2n) is 4.53. The number of hydrogen-bond donors (Lipinski definition) is 2. The van der Waals surface area contributed by atoms with Gasteiger partial charge < -0.3 is 5.32 Å². The standard InChI is InChI=1S/C12H16ClFN2O3S/c1-3-7(2)6-16-12(17)8-4-11(20(15,18)19)9(13)5-10(8)14/h4-5,7H,3,6H2,1-2H3,(H,16,17)(H2,15,18,19). The molecule has 8 heteroatoms. The third-order valence-corrected chi connectivity index (χ3v) is 4.26. The summed E-state index contributed by atoms with van der Waals surface area (Å²) < 4.78 is 36.3. The molecule has 3 N–H and O–H groups in total. The summed E-state index contributed by atoms with van der Waals surface area (Å²) in [7, 11) is -4.12. The number of benzene rings is 1. The summed E-state index contributed by atoms with van der Waals surface area (Å²) >= 11 is 5.61. The summed E-state index contributed by atoms with van der Waals surface area (Å²) in [5, 5.41) is 7.13. The van der Waals surface area contributed by atoms with Gasteiger partial charge in [-0.3, -0.25) is 4.79 Å². The molecule has 1 rings (SSSR count). The van der Waals surface area contributed by atoms with E-state index in [0.717, 1.165) is 18.6 Å². The lowest BCUT2D eigenvalue weighted by Gasteiger charge is -2.11. The molecule has 1 aromatic carbocycles. The van der Waals surface area contributed by atoms with Crippen LogP contribution in [0.5, 0.6) is 0 Å². The summed E-state index contributed by atoms with van der Waals surface area (Å²) in [5.74, 6) is -1.37. The van der Waals surface area contributed by atoms with Gasteiger partial charge in [-0.2, -0.15) is 0 Å². The van der Waals surface area contributed by atoms with Crippen molar-refractivity contribution in [3.05, 3.63) is 28.5 Å². The van der Waals surface area contributed by atoms with Gasteiger partial charge in [0, 0.05) is 6.54 Å². The van der Waals surface area contributed by atoms with E-state index in [1.807, 2.05) is 13.8 Å². The van der Waals surface area contributed by atoms with Gasteiger partial charge in [-0.05, 0) is 18.1 Å². The van der Waals surface area contributed by atoms with Crippen molar-refractivity contribution in [3.8, 4) is 0 Å². The molecular formula is C12H16ClFN2O3S. The quantitative estimate of drug-likeness (QED) is 0.867. The SMILES string of the molecule is CCC(C)CNC(=O)c1cc(S(N)(=O)=O)c(Cl)cc1F. The van der Waals surface area contributed by atoms with Crippen LogP contribution < -0.4 is 10.5 Å². The summed E-state index contributed by atoms with van der Waals surface area (Å²) in [6, 6.07) is 1.61. The maximum atomic E-state index is 13.7. The van der Waals surface area contributed by atoms with Crippen LogP contribution >= 0.6 is 11.6 Å². The third-order valence-electron chi connectivity index (χ3n) is 2.88. The van der Waals surface area contributed by atoms with Crippen molar-refractivity contribution in [2.75, 3.05) is 6.54 Å². The van der Waals surface area contributed by atoms with E-state index >= 15 is 0 Å². The number of carbonyl (C=O) groups excluding carboxylic acids is 1. The first kappa shape index (κ1) is 16.9. The smallest absolute Gasteiger partial charge is 0.254 e. The number of nitrogens with two attached hydrogens (primary N) is 1. The molecule has 0 spiro atoms. The zero-order valence-corrected chi connectivity index (χ0v) is 12.7. The first-order valence-electron chi connectivity index (χ1n) is 5.96. The fraction of sp³-hybridized carbons (Fsp3) is 0.417. The van der Waals surface area contributed by atoms with Crippen molar-refractivity contribution in [3.63, 3.8) is 0 Å². The van der Waals surface area contributed by atoms with E-state index < -0.39 is 32.2 Å². The van der Waals surface area contributed by atoms with Crippen molar-refractivity contribution in [1.82, 2.24) is 5.32 Å². The molecule has 0 fully saturated rings. The molecule has 1 unspecified atom stereocenters. The normalized spacial score (nSPS) is 13.1. The van der Waals surface area contributed by atoms with Crippen LogP contribution in [0.15, 0.2) is 17.0 Å². The largest absolute Gasteiger partial charge is 0.352 e. The molecule has 1 aromatic rings. The van der Waals surface area contributed by atoms with Crippen LogP contribution in [-0.2, 0) is 10.0 Å². The van der Waals surface area contributed by atoms with Gasteiger partial charge in [0.2, 0.25) is 10.0 Å². The van der Waals surface area contributed by atoms with Gasteiger partial charge in [-0.25, -0.2) is 17.9 Å². The monoisotopic (exact) mass is 322 g/mol. The Balaban J connectivity index is 3.10. The predicted octanol–water partition coefficient (Wildman–Crippen LogP) is 1.90. The highest BCUT2D eigenvalue weighted by Gasteiger charge is 2.20. The van der Waals surface area contributed by atoms with Gasteiger partial charge in [0.25, 0.3) is 5.91 Å². The molecule has 5 nitrogen and oxygen atoms in total. The Bertz CT molecular complexity index is 619. The lowest BCUT2D eigenvalue weighted by atomic mass is 10.1. The lowest BCUT2D eigenvalue weighted by molar-refractivity contribution is 0.0943. The minimum Gasteiger partial charge on any atom is -0.352 e. The minimum atomic E-state index is -4.12. The molecule has 0 radical (unpaired) electrons. The fourth-order valence-electron chi connectivity index (χ4n) is 1.43. The maximum Gasteiger partial charge on any atom is 0.254 e. The van der Waals surface area contributed by atoms with Gasteiger partial charge in [-0.15, -0.1) is 0 Å².